The average Bonchev–Trinajstić information content (AvgIpc) is 3.45. The lowest BCUT2D eigenvalue weighted by atomic mass is 10.0. The summed E-state index contributed by atoms with van der Waals surface area (Å²) in [6, 6.07) is 15.0. The van der Waals surface area contributed by atoms with Gasteiger partial charge in [-0.15, -0.1) is 0 Å². The molecule has 2 aromatic carbocycles. The van der Waals surface area contributed by atoms with Crippen LogP contribution in [0.1, 0.15) is 36.8 Å². The van der Waals surface area contributed by atoms with Crippen LogP contribution < -0.4 is 33.6 Å². The molecule has 220 valence electrons. The second-order valence-electron chi connectivity index (χ2n) is 10.1. The summed E-state index contributed by atoms with van der Waals surface area (Å²) >= 11 is 0. The van der Waals surface area contributed by atoms with Gasteiger partial charge in [0, 0.05) is 19.5 Å². The lowest BCUT2D eigenvalue weighted by molar-refractivity contribution is -0.140. The number of nitrogens with two attached hydrogens (primary N) is 4. The molecule has 1 fully saturated rings. The third-order valence-corrected chi connectivity index (χ3v) is 6.98. The molecule has 0 aliphatic carbocycles. The fourth-order valence-corrected chi connectivity index (χ4v) is 4.86. The van der Waals surface area contributed by atoms with Crippen molar-refractivity contribution in [1.29, 1.82) is 0 Å². The molecule has 0 radical (unpaired) electrons. The summed E-state index contributed by atoms with van der Waals surface area (Å²) in [5.41, 5.74) is 24.4. The predicted molar refractivity (Wildman–Crippen MR) is 156 cm³/mol. The van der Waals surface area contributed by atoms with E-state index in [-0.39, 0.29) is 31.3 Å². The van der Waals surface area contributed by atoms with Gasteiger partial charge in [0.2, 0.25) is 23.6 Å². The zero-order valence-corrected chi connectivity index (χ0v) is 23.1. The number of nitrogens with zero attached hydrogens (tertiary/aromatic N) is 2. The Kier molecular flexibility index (Phi) is 11.6. The highest BCUT2D eigenvalue weighted by molar-refractivity contribution is 5.95. The Bertz CT molecular complexity index is 1200. The van der Waals surface area contributed by atoms with Gasteiger partial charge in [-0.1, -0.05) is 60.7 Å². The molecule has 4 atom stereocenters. The Morgan fingerprint density at radius 2 is 1.49 bits per heavy atom. The molecule has 3 rings (SSSR count). The Balaban J connectivity index is 1.69. The Hall–Kier alpha value is -4.45. The van der Waals surface area contributed by atoms with Crippen molar-refractivity contribution in [2.24, 2.45) is 27.9 Å². The van der Waals surface area contributed by atoms with E-state index in [1.807, 2.05) is 60.7 Å². The highest BCUT2D eigenvalue weighted by atomic mass is 16.2. The highest BCUT2D eigenvalue weighted by Crippen LogP contribution is 2.20. The van der Waals surface area contributed by atoms with Gasteiger partial charge in [-0.3, -0.25) is 24.2 Å². The van der Waals surface area contributed by atoms with Crippen molar-refractivity contribution in [2.75, 3.05) is 13.1 Å². The average molecular weight is 565 g/mol. The Labute approximate surface area is 239 Å². The molecule has 1 saturated heterocycles. The number of nitrogens with one attached hydrogen (secondary N) is 2. The van der Waals surface area contributed by atoms with Crippen LogP contribution in [0.15, 0.2) is 65.7 Å². The summed E-state index contributed by atoms with van der Waals surface area (Å²) in [6.07, 6.45) is 2.18. The molecule has 0 aromatic heterocycles. The Morgan fingerprint density at radius 3 is 2.07 bits per heavy atom. The lowest BCUT2D eigenvalue weighted by Crippen LogP contribution is -2.57. The molecule has 1 aliphatic rings. The van der Waals surface area contributed by atoms with Gasteiger partial charge in [-0.05, 0) is 43.2 Å². The number of benzene rings is 2. The van der Waals surface area contributed by atoms with E-state index in [0.29, 0.717) is 32.2 Å². The summed E-state index contributed by atoms with van der Waals surface area (Å²) in [7, 11) is 0. The normalized spacial score (nSPS) is 16.7. The van der Waals surface area contributed by atoms with Gasteiger partial charge in [0.05, 0.1) is 6.04 Å². The SMILES string of the molecule is NC(=O)[C@H](Cc1ccccc1)NC(=O)[C@H](CCCN=C(N)N)NC(=O)[C@@H]1CCCN1C(=O)[C@@H](N)Cc1ccccc1. The fraction of sp³-hybridized carbons (Fsp3) is 0.414. The van der Waals surface area contributed by atoms with Crippen molar-refractivity contribution in [3.05, 3.63) is 71.8 Å². The van der Waals surface area contributed by atoms with Crippen LogP contribution in [0.5, 0.6) is 0 Å². The van der Waals surface area contributed by atoms with Gasteiger partial charge in [-0.2, -0.15) is 0 Å². The van der Waals surface area contributed by atoms with E-state index in [0.717, 1.165) is 11.1 Å². The van der Waals surface area contributed by atoms with Crippen LogP contribution in [0.2, 0.25) is 0 Å². The van der Waals surface area contributed by atoms with Gasteiger partial charge in [0.1, 0.15) is 18.1 Å². The molecular weight excluding hydrogens is 524 g/mol. The van der Waals surface area contributed by atoms with Crippen LogP contribution in [0, 0.1) is 0 Å². The predicted octanol–water partition coefficient (Wildman–Crippen LogP) is -0.701. The van der Waals surface area contributed by atoms with Gasteiger partial charge in [-0.25, -0.2) is 0 Å². The summed E-state index contributed by atoms with van der Waals surface area (Å²) < 4.78 is 0. The second kappa shape index (κ2) is 15.4. The minimum atomic E-state index is -1.01. The summed E-state index contributed by atoms with van der Waals surface area (Å²) in [5.74, 6) is -2.15. The molecule has 41 heavy (non-hydrogen) atoms. The maximum Gasteiger partial charge on any atom is 0.243 e. The van der Waals surface area contributed by atoms with Gasteiger partial charge >= 0.3 is 0 Å². The van der Waals surface area contributed by atoms with Crippen molar-refractivity contribution < 1.29 is 19.2 Å². The first kappa shape index (κ1) is 31.1. The molecule has 4 amide bonds. The monoisotopic (exact) mass is 564 g/mol. The van der Waals surface area contributed by atoms with Crippen LogP contribution >= 0.6 is 0 Å². The number of hydrogen-bond acceptors (Lipinski definition) is 6. The number of carbonyl (C=O) groups excluding carboxylic acids is 4. The van der Waals surface area contributed by atoms with E-state index in [1.54, 1.807) is 0 Å². The lowest BCUT2D eigenvalue weighted by Gasteiger charge is -2.29. The zero-order valence-electron chi connectivity index (χ0n) is 23.1. The highest BCUT2D eigenvalue weighted by Gasteiger charge is 2.37. The van der Waals surface area contributed by atoms with Crippen molar-refractivity contribution in [3.63, 3.8) is 0 Å². The number of aliphatic imine (C=N–C) groups is 1. The number of carbonyl (C=O) groups is 4. The van der Waals surface area contributed by atoms with E-state index >= 15 is 0 Å². The number of likely N-dealkylation sites (tertiary alicyclic amines) is 1. The quantitative estimate of drug-likeness (QED) is 0.0985. The molecule has 0 saturated carbocycles. The van der Waals surface area contributed by atoms with Gasteiger partial charge < -0.3 is 38.5 Å². The number of rotatable bonds is 14. The van der Waals surface area contributed by atoms with E-state index in [4.69, 9.17) is 22.9 Å². The Morgan fingerprint density at radius 1 is 0.878 bits per heavy atom. The molecule has 0 bridgehead atoms. The number of hydrogen-bond donors (Lipinski definition) is 6. The van der Waals surface area contributed by atoms with Crippen LogP contribution in [0.25, 0.3) is 0 Å². The molecule has 10 N–H and O–H groups in total. The smallest absolute Gasteiger partial charge is 0.243 e. The number of amides is 4. The van der Waals surface area contributed by atoms with Crippen molar-refractivity contribution in [3.8, 4) is 0 Å². The maximum absolute atomic E-state index is 13.4. The van der Waals surface area contributed by atoms with Gasteiger partial charge in [0.25, 0.3) is 0 Å². The molecule has 0 unspecified atom stereocenters. The fourth-order valence-electron chi connectivity index (χ4n) is 4.86. The minimum Gasteiger partial charge on any atom is -0.370 e. The van der Waals surface area contributed by atoms with Gasteiger partial charge in [0.15, 0.2) is 5.96 Å². The molecule has 12 heteroatoms. The number of guanidine groups is 1. The first-order valence-corrected chi connectivity index (χ1v) is 13.7. The van der Waals surface area contributed by atoms with Crippen LogP contribution in [0.4, 0.5) is 0 Å². The summed E-state index contributed by atoms with van der Waals surface area (Å²) in [5, 5.41) is 5.46. The minimum absolute atomic E-state index is 0.0846. The van der Waals surface area contributed by atoms with Crippen molar-refractivity contribution in [1.82, 2.24) is 15.5 Å². The molecule has 2 aromatic rings. The molecule has 1 heterocycles. The van der Waals surface area contributed by atoms with E-state index in [1.165, 1.54) is 4.90 Å². The largest absolute Gasteiger partial charge is 0.370 e. The standard InChI is InChI=1S/C29H40N8O4/c30-21(17-19-9-3-1-4-10-19)28(41)37-16-8-14-24(37)27(40)35-22(13-7-15-34-29(32)33)26(39)36-23(25(31)38)18-20-11-5-2-6-12-20/h1-6,9-12,21-24H,7-8,13-18,30H2,(H2,31,38)(H,35,40)(H,36,39)(H4,32,33,34)/t21-,22-,23-,24-/m0/s1. The van der Waals surface area contributed by atoms with Crippen molar-refractivity contribution >= 4 is 29.6 Å². The summed E-state index contributed by atoms with van der Waals surface area (Å²) in [4.78, 5) is 57.5. The van der Waals surface area contributed by atoms with Crippen LogP contribution in [-0.2, 0) is 32.0 Å². The van der Waals surface area contributed by atoms with E-state index in [9.17, 15) is 19.2 Å². The first-order valence-electron chi connectivity index (χ1n) is 13.7. The van der Waals surface area contributed by atoms with E-state index < -0.39 is 41.9 Å². The third kappa shape index (κ3) is 9.60. The van der Waals surface area contributed by atoms with E-state index in [2.05, 4.69) is 15.6 Å². The topological polar surface area (TPSA) is 212 Å². The molecular formula is C29H40N8O4. The van der Waals surface area contributed by atoms with Crippen LogP contribution in [0.3, 0.4) is 0 Å². The third-order valence-electron chi connectivity index (χ3n) is 6.98. The first-order chi connectivity index (χ1) is 19.7. The summed E-state index contributed by atoms with van der Waals surface area (Å²) in [6.45, 7) is 0.634. The van der Waals surface area contributed by atoms with Crippen molar-refractivity contribution in [2.45, 2.75) is 62.7 Å². The molecule has 1 aliphatic heterocycles. The van der Waals surface area contributed by atoms with Crippen LogP contribution in [-0.4, -0.2) is 71.7 Å². The molecule has 0 spiro atoms. The number of primary amides is 1. The molecule has 12 nitrogen and oxygen atoms in total. The maximum atomic E-state index is 13.4. The second-order valence-corrected chi connectivity index (χ2v) is 10.1. The zero-order chi connectivity index (χ0) is 29.8.